The molecule has 18 heavy (non-hydrogen) atoms. The second kappa shape index (κ2) is 7.48. The number of pyridine rings is 1. The lowest BCUT2D eigenvalue weighted by Gasteiger charge is -2.18. The van der Waals surface area contributed by atoms with Gasteiger partial charge < -0.3 is 10.2 Å². The van der Waals surface area contributed by atoms with Gasteiger partial charge in [-0.3, -0.25) is 0 Å². The topological polar surface area (TPSA) is 28.2 Å². The highest BCUT2D eigenvalue weighted by molar-refractivity contribution is 6.31. The molecule has 1 N–H and O–H groups in total. The van der Waals surface area contributed by atoms with Crippen molar-refractivity contribution in [2.75, 3.05) is 25.0 Å². The van der Waals surface area contributed by atoms with Gasteiger partial charge in [0, 0.05) is 19.8 Å². The van der Waals surface area contributed by atoms with Crippen LogP contribution in [0.5, 0.6) is 0 Å². The van der Waals surface area contributed by atoms with Crippen molar-refractivity contribution in [3.05, 3.63) is 22.8 Å². The van der Waals surface area contributed by atoms with Gasteiger partial charge in [0.25, 0.3) is 6.43 Å². The van der Waals surface area contributed by atoms with Crippen LogP contribution in [0.25, 0.3) is 0 Å². The Hall–Kier alpha value is -0.940. The van der Waals surface area contributed by atoms with Gasteiger partial charge in [-0.05, 0) is 24.6 Å². The molecule has 0 bridgehead atoms. The van der Waals surface area contributed by atoms with Gasteiger partial charge in [0.1, 0.15) is 5.82 Å². The van der Waals surface area contributed by atoms with Gasteiger partial charge in [-0.15, -0.1) is 0 Å². The zero-order chi connectivity index (χ0) is 13.5. The molecule has 0 saturated carbocycles. The molecule has 0 spiro atoms. The highest BCUT2D eigenvalue weighted by atomic mass is 35.5. The zero-order valence-corrected chi connectivity index (χ0v) is 11.3. The van der Waals surface area contributed by atoms with Crippen LogP contribution in [0, 0.1) is 0 Å². The summed E-state index contributed by atoms with van der Waals surface area (Å²) in [6.07, 6.45) is 0.150. The average molecular weight is 278 g/mol. The Morgan fingerprint density at radius 2 is 2.22 bits per heavy atom. The van der Waals surface area contributed by atoms with E-state index in [1.165, 1.54) is 11.1 Å². The van der Waals surface area contributed by atoms with E-state index in [4.69, 9.17) is 11.6 Å². The first-order valence-corrected chi connectivity index (χ1v) is 6.26. The maximum Gasteiger partial charge on any atom is 0.255 e. The second-order valence-corrected chi connectivity index (χ2v) is 4.49. The smallest absolute Gasteiger partial charge is 0.255 e. The zero-order valence-electron chi connectivity index (χ0n) is 10.6. The first-order valence-electron chi connectivity index (χ1n) is 5.89. The molecule has 1 rings (SSSR count). The minimum absolute atomic E-state index is 0.337. The summed E-state index contributed by atoms with van der Waals surface area (Å²) in [6, 6.07) is 1.74. The maximum absolute atomic E-state index is 12.3. The summed E-state index contributed by atoms with van der Waals surface area (Å²) < 4.78 is 24.6. The molecule has 3 nitrogen and oxygen atoms in total. The summed E-state index contributed by atoms with van der Waals surface area (Å²) in [5, 5.41) is 3.77. The number of hydrogen-bond acceptors (Lipinski definition) is 3. The molecule has 1 aromatic heterocycles. The van der Waals surface area contributed by atoms with Gasteiger partial charge in [0.05, 0.1) is 11.6 Å². The molecule has 0 aliphatic carbocycles. The molecule has 0 unspecified atom stereocenters. The SMILES string of the molecule is CCCNCc1cc(N(C)CC(F)F)ncc1Cl. The Morgan fingerprint density at radius 3 is 2.83 bits per heavy atom. The van der Waals surface area contributed by atoms with Crippen molar-refractivity contribution >= 4 is 17.4 Å². The van der Waals surface area contributed by atoms with Crippen molar-refractivity contribution in [2.45, 2.75) is 26.3 Å². The minimum atomic E-state index is -2.38. The summed E-state index contributed by atoms with van der Waals surface area (Å²) in [5.74, 6) is 0.507. The van der Waals surface area contributed by atoms with Crippen molar-refractivity contribution in [1.29, 1.82) is 0 Å². The van der Waals surface area contributed by atoms with E-state index < -0.39 is 6.43 Å². The standard InChI is InChI=1S/C12H18ClF2N3/c1-3-4-16-6-9-5-12(17-7-10(9)13)18(2)8-11(14)15/h5,7,11,16H,3-4,6,8H2,1-2H3. The quantitative estimate of drug-likeness (QED) is 0.777. The van der Waals surface area contributed by atoms with Crippen LogP contribution < -0.4 is 10.2 Å². The fourth-order valence-electron chi connectivity index (χ4n) is 1.51. The van der Waals surface area contributed by atoms with Crippen molar-refractivity contribution in [2.24, 2.45) is 0 Å². The number of anilines is 1. The van der Waals surface area contributed by atoms with Crippen molar-refractivity contribution in [1.82, 2.24) is 10.3 Å². The van der Waals surface area contributed by atoms with E-state index in [0.29, 0.717) is 17.4 Å². The Bertz CT molecular complexity index is 374. The van der Waals surface area contributed by atoms with Crippen LogP contribution in [-0.2, 0) is 6.54 Å². The van der Waals surface area contributed by atoms with E-state index in [2.05, 4.69) is 17.2 Å². The molecule has 0 aromatic carbocycles. The number of hydrogen-bond donors (Lipinski definition) is 1. The molecular weight excluding hydrogens is 260 g/mol. The van der Waals surface area contributed by atoms with Crippen LogP contribution in [0.2, 0.25) is 5.02 Å². The lowest BCUT2D eigenvalue weighted by molar-refractivity contribution is 0.156. The molecule has 1 heterocycles. The molecule has 0 aliphatic rings. The number of aromatic nitrogens is 1. The molecule has 0 fully saturated rings. The molecule has 1 aromatic rings. The maximum atomic E-state index is 12.3. The third-order valence-electron chi connectivity index (χ3n) is 2.47. The highest BCUT2D eigenvalue weighted by Gasteiger charge is 2.11. The Labute approximate surface area is 111 Å². The minimum Gasteiger partial charge on any atom is -0.354 e. The van der Waals surface area contributed by atoms with Gasteiger partial charge >= 0.3 is 0 Å². The first-order chi connectivity index (χ1) is 8.54. The molecule has 0 saturated heterocycles. The number of nitrogens with one attached hydrogen (secondary N) is 1. The second-order valence-electron chi connectivity index (χ2n) is 4.08. The van der Waals surface area contributed by atoms with E-state index in [9.17, 15) is 8.78 Å². The largest absolute Gasteiger partial charge is 0.354 e. The van der Waals surface area contributed by atoms with Crippen LogP contribution >= 0.6 is 11.6 Å². The van der Waals surface area contributed by atoms with Crippen molar-refractivity contribution < 1.29 is 8.78 Å². The molecule has 102 valence electrons. The molecule has 0 amide bonds. The third kappa shape index (κ3) is 4.74. The summed E-state index contributed by atoms with van der Waals surface area (Å²) in [4.78, 5) is 5.47. The van der Waals surface area contributed by atoms with E-state index in [0.717, 1.165) is 18.5 Å². The summed E-state index contributed by atoms with van der Waals surface area (Å²) >= 11 is 6.02. The predicted molar refractivity (Wildman–Crippen MR) is 70.5 cm³/mol. The van der Waals surface area contributed by atoms with Crippen LogP contribution in [0.3, 0.4) is 0 Å². The number of alkyl halides is 2. The Morgan fingerprint density at radius 1 is 1.50 bits per heavy atom. The number of rotatable bonds is 7. The molecular formula is C12H18ClF2N3. The third-order valence-corrected chi connectivity index (χ3v) is 2.81. The van der Waals surface area contributed by atoms with Gasteiger partial charge in [-0.1, -0.05) is 18.5 Å². The molecule has 0 radical (unpaired) electrons. The molecule has 0 atom stereocenters. The summed E-state index contributed by atoms with van der Waals surface area (Å²) in [7, 11) is 1.59. The van der Waals surface area contributed by atoms with Crippen LogP contribution in [0.4, 0.5) is 14.6 Å². The Kier molecular flexibility index (Phi) is 6.29. The lowest BCUT2D eigenvalue weighted by atomic mass is 10.2. The average Bonchev–Trinajstić information content (AvgIpc) is 2.30. The van der Waals surface area contributed by atoms with Crippen molar-refractivity contribution in [3.63, 3.8) is 0 Å². The Balaban J connectivity index is 2.73. The monoisotopic (exact) mass is 277 g/mol. The summed E-state index contributed by atoms with van der Waals surface area (Å²) in [5.41, 5.74) is 0.872. The fraction of sp³-hybridized carbons (Fsp3) is 0.583. The van der Waals surface area contributed by atoms with Gasteiger partial charge in [0.15, 0.2) is 0 Å². The van der Waals surface area contributed by atoms with E-state index in [1.807, 2.05) is 0 Å². The number of halogens is 3. The molecule has 6 heteroatoms. The predicted octanol–water partition coefficient (Wildman–Crippen LogP) is 2.94. The van der Waals surface area contributed by atoms with Crippen LogP contribution in [0.1, 0.15) is 18.9 Å². The molecule has 0 aliphatic heterocycles. The van der Waals surface area contributed by atoms with Crippen molar-refractivity contribution in [3.8, 4) is 0 Å². The first kappa shape index (κ1) is 15.1. The fourth-order valence-corrected chi connectivity index (χ4v) is 1.68. The normalized spacial score (nSPS) is 11.0. The summed E-state index contributed by atoms with van der Waals surface area (Å²) in [6.45, 7) is 3.24. The lowest BCUT2D eigenvalue weighted by Crippen LogP contribution is -2.25. The van der Waals surface area contributed by atoms with Crippen LogP contribution in [-0.4, -0.2) is 31.5 Å². The van der Waals surface area contributed by atoms with E-state index in [-0.39, 0.29) is 6.54 Å². The van der Waals surface area contributed by atoms with Gasteiger partial charge in [0.2, 0.25) is 0 Å². The van der Waals surface area contributed by atoms with Gasteiger partial charge in [-0.2, -0.15) is 0 Å². The van der Waals surface area contributed by atoms with Gasteiger partial charge in [-0.25, -0.2) is 13.8 Å². The van der Waals surface area contributed by atoms with Crippen LogP contribution in [0.15, 0.2) is 12.3 Å². The number of nitrogens with zero attached hydrogens (tertiary/aromatic N) is 2. The van der Waals surface area contributed by atoms with E-state index >= 15 is 0 Å². The van der Waals surface area contributed by atoms with E-state index in [1.54, 1.807) is 13.1 Å². The highest BCUT2D eigenvalue weighted by Crippen LogP contribution is 2.20.